The van der Waals surface area contributed by atoms with Crippen molar-refractivity contribution in [2.24, 2.45) is 0 Å². The van der Waals surface area contributed by atoms with Gasteiger partial charge in [0.05, 0.1) is 6.20 Å². The van der Waals surface area contributed by atoms with Gasteiger partial charge in [0, 0.05) is 5.69 Å². The normalized spacial score (nSPS) is 11.9. The highest BCUT2D eigenvalue weighted by molar-refractivity contribution is 6.70. The predicted octanol–water partition coefficient (Wildman–Crippen LogP) is 4.65. The number of nitrogens with zero attached hydrogens (tertiary/aromatic N) is 2. The molecule has 0 aliphatic rings. The van der Waals surface area contributed by atoms with E-state index in [0.29, 0.717) is 11.9 Å². The van der Waals surface area contributed by atoms with Gasteiger partial charge in [0.1, 0.15) is 5.69 Å². The summed E-state index contributed by atoms with van der Waals surface area (Å²) in [6, 6.07) is 10.3. The highest BCUT2D eigenvalue weighted by atomic mass is 28.4. The van der Waals surface area contributed by atoms with Gasteiger partial charge in [-0.2, -0.15) is 4.98 Å². The number of hydrogen-bond acceptors (Lipinski definition) is 5. The lowest BCUT2D eigenvalue weighted by Gasteiger charge is -2.23. The summed E-state index contributed by atoms with van der Waals surface area (Å²) in [6.45, 7) is 12.7. The van der Waals surface area contributed by atoms with Gasteiger partial charge in [-0.3, -0.25) is 0 Å². The van der Waals surface area contributed by atoms with Gasteiger partial charge in [-0.1, -0.05) is 18.2 Å². The van der Waals surface area contributed by atoms with Crippen LogP contribution in [0.5, 0.6) is 11.9 Å². The van der Waals surface area contributed by atoms with Crippen LogP contribution >= 0.6 is 0 Å². The Hall–Kier alpha value is -1.87. The molecule has 124 valence electrons. The maximum atomic E-state index is 6.12. The fraction of sp³-hybridized carbons (Fsp3) is 0.375. The SMILES string of the molecule is C[Si](C)(C)Oc1ncc(Nc2ccccc2)c(O[Si](C)(C)C)n1. The highest BCUT2D eigenvalue weighted by Crippen LogP contribution is 2.29. The molecule has 0 saturated carbocycles. The summed E-state index contributed by atoms with van der Waals surface area (Å²) in [5.41, 5.74) is 1.72. The molecule has 1 heterocycles. The molecule has 0 spiro atoms. The molecule has 23 heavy (non-hydrogen) atoms. The maximum absolute atomic E-state index is 6.12. The van der Waals surface area contributed by atoms with Crippen molar-refractivity contribution < 1.29 is 8.85 Å². The second kappa shape index (κ2) is 6.71. The molecular formula is C16H25N3O2Si2. The Balaban J connectivity index is 2.32. The third kappa shape index (κ3) is 6.03. The first-order valence-corrected chi connectivity index (χ1v) is 14.5. The third-order valence-corrected chi connectivity index (χ3v) is 4.19. The minimum absolute atomic E-state index is 0.385. The van der Waals surface area contributed by atoms with Crippen LogP contribution < -0.4 is 14.2 Å². The molecule has 1 aromatic heterocycles. The minimum Gasteiger partial charge on any atom is -0.530 e. The standard InChI is InChI=1S/C16H25N3O2Si2/c1-22(2,3)20-15-14(18-13-10-8-7-9-11-13)12-17-16(19-15)21-23(4,5)6/h7-12,18H,1-6H3. The van der Waals surface area contributed by atoms with Crippen molar-refractivity contribution in [2.45, 2.75) is 39.3 Å². The fourth-order valence-corrected chi connectivity index (χ4v) is 3.19. The summed E-state index contributed by atoms with van der Waals surface area (Å²) in [4.78, 5) is 8.82. The summed E-state index contributed by atoms with van der Waals surface area (Å²) in [6.07, 6.45) is 1.73. The summed E-state index contributed by atoms with van der Waals surface area (Å²) in [5, 5.41) is 3.31. The molecule has 0 aliphatic heterocycles. The zero-order valence-corrected chi connectivity index (χ0v) is 16.7. The lowest BCUT2D eigenvalue weighted by molar-refractivity contribution is 0.477. The Bertz CT molecular complexity index is 653. The largest absolute Gasteiger partial charge is 0.530 e. The Labute approximate surface area is 140 Å². The van der Waals surface area contributed by atoms with Crippen molar-refractivity contribution in [2.75, 3.05) is 5.32 Å². The Morgan fingerprint density at radius 3 is 2.04 bits per heavy atom. The van der Waals surface area contributed by atoms with E-state index < -0.39 is 16.6 Å². The molecule has 2 rings (SSSR count). The molecule has 0 saturated heterocycles. The second-order valence-electron chi connectivity index (χ2n) is 7.29. The molecule has 1 aromatic carbocycles. The van der Waals surface area contributed by atoms with Crippen LogP contribution in [-0.4, -0.2) is 26.6 Å². The van der Waals surface area contributed by atoms with Crippen LogP contribution in [0.4, 0.5) is 11.4 Å². The molecule has 1 N–H and O–H groups in total. The Kier molecular flexibility index (Phi) is 5.10. The van der Waals surface area contributed by atoms with Gasteiger partial charge in [0.25, 0.3) is 0 Å². The van der Waals surface area contributed by atoms with Crippen LogP contribution in [0, 0.1) is 0 Å². The van der Waals surface area contributed by atoms with E-state index in [2.05, 4.69) is 54.6 Å². The molecule has 0 amide bonds. The predicted molar refractivity (Wildman–Crippen MR) is 99.7 cm³/mol. The molecule has 0 atom stereocenters. The van der Waals surface area contributed by atoms with Crippen LogP contribution in [-0.2, 0) is 0 Å². The first-order valence-electron chi connectivity index (χ1n) is 7.69. The topological polar surface area (TPSA) is 56.3 Å². The smallest absolute Gasteiger partial charge is 0.305 e. The monoisotopic (exact) mass is 347 g/mol. The lowest BCUT2D eigenvalue weighted by Crippen LogP contribution is -2.32. The van der Waals surface area contributed by atoms with Gasteiger partial charge >= 0.3 is 6.01 Å². The quantitative estimate of drug-likeness (QED) is 0.771. The number of rotatable bonds is 6. The second-order valence-corrected chi connectivity index (χ2v) is 16.1. The van der Waals surface area contributed by atoms with Crippen molar-refractivity contribution in [3.8, 4) is 11.9 Å². The van der Waals surface area contributed by atoms with Gasteiger partial charge in [-0.25, -0.2) is 4.98 Å². The molecule has 0 aliphatic carbocycles. The van der Waals surface area contributed by atoms with Crippen LogP contribution in [0.1, 0.15) is 0 Å². The molecule has 0 bridgehead atoms. The van der Waals surface area contributed by atoms with E-state index in [1.807, 2.05) is 30.3 Å². The van der Waals surface area contributed by atoms with E-state index in [9.17, 15) is 0 Å². The number of para-hydroxylation sites is 1. The van der Waals surface area contributed by atoms with Crippen molar-refractivity contribution in [3.63, 3.8) is 0 Å². The molecular weight excluding hydrogens is 322 g/mol. The molecule has 5 nitrogen and oxygen atoms in total. The molecule has 0 fully saturated rings. The van der Waals surface area contributed by atoms with E-state index in [0.717, 1.165) is 11.4 Å². The summed E-state index contributed by atoms with van der Waals surface area (Å²) < 4.78 is 12.0. The van der Waals surface area contributed by atoms with Crippen LogP contribution in [0.2, 0.25) is 39.3 Å². The van der Waals surface area contributed by atoms with Crippen molar-refractivity contribution >= 4 is 28.0 Å². The summed E-state index contributed by atoms with van der Waals surface area (Å²) >= 11 is 0. The van der Waals surface area contributed by atoms with Gasteiger partial charge < -0.3 is 14.2 Å². The van der Waals surface area contributed by atoms with Crippen molar-refractivity contribution in [1.29, 1.82) is 0 Å². The number of hydrogen-bond donors (Lipinski definition) is 1. The fourth-order valence-electron chi connectivity index (χ4n) is 1.80. The summed E-state index contributed by atoms with van der Waals surface area (Å²) in [7, 11) is -3.56. The Morgan fingerprint density at radius 1 is 0.870 bits per heavy atom. The van der Waals surface area contributed by atoms with Gasteiger partial charge in [-0.05, 0) is 51.4 Å². The minimum atomic E-state index is -1.80. The third-order valence-electron chi connectivity index (χ3n) is 2.58. The molecule has 0 radical (unpaired) electrons. The number of aromatic nitrogens is 2. The highest BCUT2D eigenvalue weighted by Gasteiger charge is 2.23. The number of nitrogens with one attached hydrogen (secondary N) is 1. The first-order chi connectivity index (χ1) is 10.6. The van der Waals surface area contributed by atoms with E-state index in [4.69, 9.17) is 8.85 Å². The van der Waals surface area contributed by atoms with E-state index in [-0.39, 0.29) is 0 Å². The Morgan fingerprint density at radius 2 is 1.48 bits per heavy atom. The van der Waals surface area contributed by atoms with Gasteiger partial charge in [0.15, 0.2) is 0 Å². The average Bonchev–Trinajstić information content (AvgIpc) is 2.39. The number of anilines is 2. The van der Waals surface area contributed by atoms with Crippen molar-refractivity contribution in [3.05, 3.63) is 36.5 Å². The van der Waals surface area contributed by atoms with E-state index in [1.54, 1.807) is 6.20 Å². The van der Waals surface area contributed by atoms with Gasteiger partial charge in [-0.15, -0.1) is 0 Å². The van der Waals surface area contributed by atoms with E-state index in [1.165, 1.54) is 0 Å². The molecule has 2 aromatic rings. The maximum Gasteiger partial charge on any atom is 0.305 e. The number of benzene rings is 1. The summed E-state index contributed by atoms with van der Waals surface area (Å²) in [5.74, 6) is 0.552. The van der Waals surface area contributed by atoms with Gasteiger partial charge in [0.2, 0.25) is 22.5 Å². The average molecular weight is 348 g/mol. The first kappa shape index (κ1) is 17.5. The molecule has 7 heteroatoms. The van der Waals surface area contributed by atoms with Crippen LogP contribution in [0.25, 0.3) is 0 Å². The zero-order chi connectivity index (χ0) is 17.1. The molecule has 0 unspecified atom stereocenters. The van der Waals surface area contributed by atoms with Crippen LogP contribution in [0.15, 0.2) is 36.5 Å². The van der Waals surface area contributed by atoms with E-state index >= 15 is 0 Å². The zero-order valence-electron chi connectivity index (χ0n) is 14.7. The van der Waals surface area contributed by atoms with Crippen LogP contribution in [0.3, 0.4) is 0 Å². The van der Waals surface area contributed by atoms with Crippen molar-refractivity contribution in [1.82, 2.24) is 9.97 Å². The lowest BCUT2D eigenvalue weighted by atomic mass is 10.3.